The molecular formula is C20H21N3O4. The minimum atomic E-state index is -0.887. The maximum atomic E-state index is 12.7. The molecule has 2 aromatic rings. The number of carboxylic acids is 1. The SMILES string of the molecule is CN(C(=O)c1cccc(NC(=O)N2CCC(C(=O)O)C2)c1)c1ccccc1. The van der Waals surface area contributed by atoms with Gasteiger partial charge in [0, 0.05) is 37.1 Å². The van der Waals surface area contributed by atoms with Gasteiger partial charge in [0.1, 0.15) is 0 Å². The van der Waals surface area contributed by atoms with Crippen molar-refractivity contribution in [3.8, 4) is 0 Å². The van der Waals surface area contributed by atoms with Gasteiger partial charge in [-0.1, -0.05) is 24.3 Å². The highest BCUT2D eigenvalue weighted by Crippen LogP contribution is 2.20. The number of urea groups is 1. The fraction of sp³-hybridized carbons (Fsp3) is 0.250. The first-order valence-corrected chi connectivity index (χ1v) is 8.67. The zero-order valence-corrected chi connectivity index (χ0v) is 15.0. The van der Waals surface area contributed by atoms with E-state index in [1.165, 1.54) is 4.90 Å². The van der Waals surface area contributed by atoms with Crippen LogP contribution in [0.4, 0.5) is 16.2 Å². The minimum Gasteiger partial charge on any atom is -0.481 e. The van der Waals surface area contributed by atoms with Gasteiger partial charge in [-0.3, -0.25) is 9.59 Å². The predicted molar refractivity (Wildman–Crippen MR) is 102 cm³/mol. The van der Waals surface area contributed by atoms with Crippen LogP contribution in [0, 0.1) is 5.92 Å². The van der Waals surface area contributed by atoms with E-state index in [1.807, 2.05) is 30.3 Å². The van der Waals surface area contributed by atoms with Crippen molar-refractivity contribution >= 4 is 29.3 Å². The van der Waals surface area contributed by atoms with E-state index in [0.717, 1.165) is 5.69 Å². The third-order valence-corrected chi connectivity index (χ3v) is 4.63. The number of nitrogens with zero attached hydrogens (tertiary/aromatic N) is 2. The highest BCUT2D eigenvalue weighted by molar-refractivity contribution is 6.06. The van der Waals surface area contributed by atoms with Gasteiger partial charge in [0.05, 0.1) is 5.92 Å². The van der Waals surface area contributed by atoms with Crippen LogP contribution >= 0.6 is 0 Å². The molecule has 1 atom stereocenters. The van der Waals surface area contributed by atoms with E-state index in [9.17, 15) is 14.4 Å². The third kappa shape index (κ3) is 4.25. The molecule has 3 amide bonds. The molecule has 1 heterocycles. The minimum absolute atomic E-state index is 0.190. The van der Waals surface area contributed by atoms with E-state index in [-0.39, 0.29) is 18.5 Å². The number of hydrogen-bond donors (Lipinski definition) is 2. The van der Waals surface area contributed by atoms with Crippen LogP contribution < -0.4 is 10.2 Å². The lowest BCUT2D eigenvalue weighted by Crippen LogP contribution is -2.34. The van der Waals surface area contributed by atoms with Gasteiger partial charge in [-0.15, -0.1) is 0 Å². The molecule has 0 aromatic heterocycles. The van der Waals surface area contributed by atoms with Gasteiger partial charge < -0.3 is 20.2 Å². The molecule has 1 aliphatic heterocycles. The molecule has 1 fully saturated rings. The summed E-state index contributed by atoms with van der Waals surface area (Å²) >= 11 is 0. The van der Waals surface area contributed by atoms with E-state index >= 15 is 0 Å². The standard InChI is InChI=1S/C20H21N3O4/c1-22(17-8-3-2-4-9-17)18(24)14-6-5-7-16(12-14)21-20(27)23-11-10-15(13-23)19(25)26/h2-9,12,15H,10-11,13H2,1H3,(H,21,27)(H,25,26). The largest absolute Gasteiger partial charge is 0.481 e. The normalized spacial score (nSPS) is 16.0. The van der Waals surface area contributed by atoms with Gasteiger partial charge >= 0.3 is 12.0 Å². The number of carbonyl (C=O) groups is 3. The maximum absolute atomic E-state index is 12.7. The summed E-state index contributed by atoms with van der Waals surface area (Å²) in [6.07, 6.45) is 0.448. The predicted octanol–water partition coefficient (Wildman–Crippen LogP) is 2.90. The lowest BCUT2D eigenvalue weighted by atomic mass is 10.1. The summed E-state index contributed by atoms with van der Waals surface area (Å²) in [5, 5.41) is 11.8. The van der Waals surface area contributed by atoms with Crippen LogP contribution in [0.15, 0.2) is 54.6 Å². The second-order valence-corrected chi connectivity index (χ2v) is 6.48. The monoisotopic (exact) mass is 367 g/mol. The molecule has 1 saturated heterocycles. The highest BCUT2D eigenvalue weighted by atomic mass is 16.4. The molecule has 0 saturated carbocycles. The van der Waals surface area contributed by atoms with Crippen molar-refractivity contribution in [3.63, 3.8) is 0 Å². The Labute approximate surface area is 157 Å². The van der Waals surface area contributed by atoms with E-state index in [4.69, 9.17) is 5.11 Å². The van der Waals surface area contributed by atoms with Crippen molar-refractivity contribution in [1.29, 1.82) is 0 Å². The first-order valence-electron chi connectivity index (χ1n) is 8.67. The lowest BCUT2D eigenvalue weighted by Gasteiger charge is -2.19. The summed E-state index contributed by atoms with van der Waals surface area (Å²) in [4.78, 5) is 39.1. The smallest absolute Gasteiger partial charge is 0.321 e. The summed E-state index contributed by atoms with van der Waals surface area (Å²) in [6, 6.07) is 15.6. The van der Waals surface area contributed by atoms with Crippen molar-refractivity contribution in [2.45, 2.75) is 6.42 Å². The molecule has 0 spiro atoms. The lowest BCUT2D eigenvalue weighted by molar-refractivity contribution is -0.141. The molecule has 1 unspecified atom stereocenters. The molecule has 1 aliphatic rings. The Morgan fingerprint density at radius 2 is 1.85 bits per heavy atom. The Balaban J connectivity index is 1.68. The van der Waals surface area contributed by atoms with Gasteiger partial charge in [0.15, 0.2) is 0 Å². The number of anilines is 2. The van der Waals surface area contributed by atoms with E-state index in [0.29, 0.717) is 24.2 Å². The van der Waals surface area contributed by atoms with Crippen LogP contribution in [-0.2, 0) is 4.79 Å². The molecular weight excluding hydrogens is 346 g/mol. The zero-order chi connectivity index (χ0) is 19.4. The second-order valence-electron chi connectivity index (χ2n) is 6.48. The van der Waals surface area contributed by atoms with Gasteiger partial charge in [0.2, 0.25) is 0 Å². The Hall–Kier alpha value is -3.35. The highest BCUT2D eigenvalue weighted by Gasteiger charge is 2.30. The summed E-state index contributed by atoms with van der Waals surface area (Å²) < 4.78 is 0. The first kappa shape index (κ1) is 18.4. The van der Waals surface area contributed by atoms with Crippen molar-refractivity contribution in [2.24, 2.45) is 5.92 Å². The maximum Gasteiger partial charge on any atom is 0.321 e. The average Bonchev–Trinajstić information content (AvgIpc) is 3.18. The number of nitrogens with one attached hydrogen (secondary N) is 1. The number of carbonyl (C=O) groups excluding carboxylic acids is 2. The van der Waals surface area contributed by atoms with Crippen LogP contribution in [-0.4, -0.2) is 48.1 Å². The number of aliphatic carboxylic acids is 1. The number of rotatable bonds is 4. The van der Waals surface area contributed by atoms with E-state index in [2.05, 4.69) is 5.32 Å². The van der Waals surface area contributed by atoms with E-state index < -0.39 is 11.9 Å². The molecule has 2 aromatic carbocycles. The number of hydrogen-bond acceptors (Lipinski definition) is 3. The van der Waals surface area contributed by atoms with Gasteiger partial charge in [-0.05, 0) is 36.8 Å². The number of likely N-dealkylation sites (tertiary alicyclic amines) is 1. The van der Waals surface area contributed by atoms with Crippen molar-refractivity contribution in [2.75, 3.05) is 30.4 Å². The van der Waals surface area contributed by atoms with Crippen LogP contribution in [0.25, 0.3) is 0 Å². The number of para-hydroxylation sites is 1. The fourth-order valence-corrected chi connectivity index (χ4v) is 3.04. The molecule has 7 heteroatoms. The van der Waals surface area contributed by atoms with Gasteiger partial charge in [-0.2, -0.15) is 0 Å². The molecule has 3 rings (SSSR count). The summed E-state index contributed by atoms with van der Waals surface area (Å²) in [5.41, 5.74) is 1.71. The number of benzene rings is 2. The number of carboxylic acid groups (broad SMARTS) is 1. The molecule has 0 aliphatic carbocycles. The molecule has 0 bridgehead atoms. The van der Waals surface area contributed by atoms with Crippen LogP contribution in [0.3, 0.4) is 0 Å². The van der Waals surface area contributed by atoms with Gasteiger partial charge in [-0.25, -0.2) is 4.79 Å². The second kappa shape index (κ2) is 7.90. The van der Waals surface area contributed by atoms with Gasteiger partial charge in [0.25, 0.3) is 5.91 Å². The van der Waals surface area contributed by atoms with E-state index in [1.54, 1.807) is 36.2 Å². The van der Waals surface area contributed by atoms with Crippen LogP contribution in [0.2, 0.25) is 0 Å². The summed E-state index contributed by atoms with van der Waals surface area (Å²) in [6.45, 7) is 0.592. The Morgan fingerprint density at radius 3 is 2.52 bits per heavy atom. The Morgan fingerprint density at radius 1 is 1.11 bits per heavy atom. The molecule has 7 nitrogen and oxygen atoms in total. The fourth-order valence-electron chi connectivity index (χ4n) is 3.04. The summed E-state index contributed by atoms with van der Waals surface area (Å²) in [7, 11) is 1.69. The topological polar surface area (TPSA) is 90.0 Å². The Kier molecular flexibility index (Phi) is 5.40. The molecule has 27 heavy (non-hydrogen) atoms. The molecule has 0 radical (unpaired) electrons. The third-order valence-electron chi connectivity index (χ3n) is 4.63. The number of amides is 3. The first-order chi connectivity index (χ1) is 13.0. The quantitative estimate of drug-likeness (QED) is 0.869. The van der Waals surface area contributed by atoms with Crippen molar-refractivity contribution < 1.29 is 19.5 Å². The zero-order valence-electron chi connectivity index (χ0n) is 15.0. The van der Waals surface area contributed by atoms with Crippen molar-refractivity contribution in [3.05, 3.63) is 60.2 Å². The molecule has 2 N–H and O–H groups in total. The average molecular weight is 367 g/mol. The Bertz CT molecular complexity index is 853. The van der Waals surface area contributed by atoms with Crippen LogP contribution in [0.1, 0.15) is 16.8 Å². The summed E-state index contributed by atoms with van der Waals surface area (Å²) in [5.74, 6) is -1.60. The van der Waals surface area contributed by atoms with Crippen molar-refractivity contribution in [1.82, 2.24) is 4.90 Å². The van der Waals surface area contributed by atoms with Crippen LogP contribution in [0.5, 0.6) is 0 Å². The molecule has 140 valence electrons.